The summed E-state index contributed by atoms with van der Waals surface area (Å²) in [6, 6.07) is 17.7. The van der Waals surface area contributed by atoms with E-state index in [9.17, 15) is 9.59 Å². The Hall–Kier alpha value is -2.47. The highest BCUT2D eigenvalue weighted by Gasteiger charge is 2.40. The first-order chi connectivity index (χ1) is 15.1. The second-order valence-corrected chi connectivity index (χ2v) is 9.13. The van der Waals surface area contributed by atoms with Gasteiger partial charge in [-0.1, -0.05) is 56.5 Å². The third-order valence-corrected chi connectivity index (χ3v) is 6.92. The first kappa shape index (κ1) is 23.2. The molecule has 1 N–H and O–H groups in total. The van der Waals surface area contributed by atoms with Crippen molar-refractivity contribution in [2.45, 2.75) is 62.5 Å². The number of carboxylic acid groups (broad SMARTS) is 1. The number of thioether (sulfide) groups is 1. The largest absolute Gasteiger partial charge is 0.481 e. The van der Waals surface area contributed by atoms with E-state index in [1.54, 1.807) is 11.8 Å². The zero-order chi connectivity index (χ0) is 22.1. The van der Waals surface area contributed by atoms with Crippen molar-refractivity contribution >= 4 is 23.6 Å². The number of rotatable bonds is 12. The summed E-state index contributed by atoms with van der Waals surface area (Å²) < 4.78 is 6.00. The predicted molar refractivity (Wildman–Crippen MR) is 124 cm³/mol. The Kier molecular flexibility index (Phi) is 8.83. The molecule has 6 heteroatoms. The quantitative estimate of drug-likeness (QED) is 0.394. The number of ether oxygens (including phenoxy) is 1. The van der Waals surface area contributed by atoms with Gasteiger partial charge in [-0.15, -0.1) is 11.8 Å². The van der Waals surface area contributed by atoms with Crippen LogP contribution in [0, 0.1) is 0 Å². The fraction of sp³-hybridized carbons (Fsp3) is 0.440. The van der Waals surface area contributed by atoms with Crippen LogP contribution >= 0.6 is 11.8 Å². The SMILES string of the molecule is CCCCC1SC(c2cccc(Oc3ccccc3)c2)N(CCCCCC(=O)O)C1=O. The van der Waals surface area contributed by atoms with Crippen LogP contribution in [0.3, 0.4) is 0 Å². The number of carboxylic acids is 1. The van der Waals surface area contributed by atoms with Gasteiger partial charge in [0.15, 0.2) is 0 Å². The van der Waals surface area contributed by atoms with Crippen LogP contribution in [0.15, 0.2) is 54.6 Å². The summed E-state index contributed by atoms with van der Waals surface area (Å²) in [6.45, 7) is 2.80. The van der Waals surface area contributed by atoms with Crippen LogP contribution in [0.2, 0.25) is 0 Å². The Morgan fingerprint density at radius 1 is 1.03 bits per heavy atom. The topological polar surface area (TPSA) is 66.8 Å². The molecule has 1 aliphatic heterocycles. The van der Waals surface area contributed by atoms with Gasteiger partial charge in [-0.25, -0.2) is 0 Å². The first-order valence-electron chi connectivity index (χ1n) is 11.1. The van der Waals surface area contributed by atoms with Gasteiger partial charge in [-0.2, -0.15) is 0 Å². The van der Waals surface area contributed by atoms with Crippen molar-refractivity contribution in [2.24, 2.45) is 0 Å². The van der Waals surface area contributed by atoms with Crippen LogP contribution in [-0.2, 0) is 9.59 Å². The molecule has 31 heavy (non-hydrogen) atoms. The van der Waals surface area contributed by atoms with Crippen LogP contribution in [0.1, 0.15) is 62.8 Å². The van der Waals surface area contributed by atoms with E-state index in [0.717, 1.165) is 49.2 Å². The normalized spacial score (nSPS) is 18.4. The molecule has 2 aromatic rings. The van der Waals surface area contributed by atoms with E-state index in [-0.39, 0.29) is 23.0 Å². The molecule has 2 unspecified atom stereocenters. The zero-order valence-electron chi connectivity index (χ0n) is 18.0. The highest BCUT2D eigenvalue weighted by Crippen LogP contribution is 2.45. The van der Waals surface area contributed by atoms with Gasteiger partial charge < -0.3 is 14.7 Å². The van der Waals surface area contributed by atoms with E-state index in [4.69, 9.17) is 9.84 Å². The van der Waals surface area contributed by atoms with Crippen LogP contribution in [0.25, 0.3) is 0 Å². The van der Waals surface area contributed by atoms with Gasteiger partial charge >= 0.3 is 5.97 Å². The third kappa shape index (κ3) is 6.76. The first-order valence-corrected chi connectivity index (χ1v) is 12.0. The molecule has 0 aromatic heterocycles. The smallest absolute Gasteiger partial charge is 0.303 e. The number of amides is 1. The Labute approximate surface area is 188 Å². The van der Waals surface area contributed by atoms with E-state index in [2.05, 4.69) is 13.0 Å². The molecule has 0 saturated carbocycles. The van der Waals surface area contributed by atoms with Crippen molar-refractivity contribution in [1.29, 1.82) is 0 Å². The highest BCUT2D eigenvalue weighted by molar-refractivity contribution is 8.01. The number of hydrogen-bond donors (Lipinski definition) is 1. The summed E-state index contributed by atoms with van der Waals surface area (Å²) in [5, 5.41) is 8.78. The fourth-order valence-electron chi connectivity index (χ4n) is 3.75. The summed E-state index contributed by atoms with van der Waals surface area (Å²) in [4.78, 5) is 25.8. The van der Waals surface area contributed by atoms with Crippen molar-refractivity contribution in [3.8, 4) is 11.5 Å². The number of carbonyl (C=O) groups excluding carboxylic acids is 1. The number of benzene rings is 2. The Bertz CT molecular complexity index is 858. The number of unbranched alkanes of at least 4 members (excludes halogenated alkanes) is 3. The minimum absolute atomic E-state index is 0.0114. The molecular formula is C25H31NO4S. The summed E-state index contributed by atoms with van der Waals surface area (Å²) >= 11 is 1.73. The van der Waals surface area contributed by atoms with Crippen molar-refractivity contribution in [3.05, 3.63) is 60.2 Å². The molecule has 2 atom stereocenters. The molecule has 1 amide bonds. The van der Waals surface area contributed by atoms with Gasteiger partial charge in [0.1, 0.15) is 16.9 Å². The molecular weight excluding hydrogens is 410 g/mol. The lowest BCUT2D eigenvalue weighted by Crippen LogP contribution is -2.32. The average molecular weight is 442 g/mol. The van der Waals surface area contributed by atoms with Crippen molar-refractivity contribution in [1.82, 2.24) is 4.90 Å². The van der Waals surface area contributed by atoms with Crippen LogP contribution in [0.5, 0.6) is 11.5 Å². The van der Waals surface area contributed by atoms with Crippen LogP contribution in [0.4, 0.5) is 0 Å². The average Bonchev–Trinajstić information content (AvgIpc) is 3.08. The number of para-hydroxylation sites is 1. The number of nitrogens with zero attached hydrogens (tertiary/aromatic N) is 1. The monoisotopic (exact) mass is 441 g/mol. The second kappa shape index (κ2) is 11.8. The summed E-state index contributed by atoms with van der Waals surface area (Å²) in [5.41, 5.74) is 1.07. The van der Waals surface area contributed by atoms with Gasteiger partial charge in [0.25, 0.3) is 0 Å². The summed E-state index contributed by atoms with van der Waals surface area (Å²) in [6.07, 6.45) is 5.47. The minimum Gasteiger partial charge on any atom is -0.481 e. The Balaban J connectivity index is 1.71. The van der Waals surface area contributed by atoms with Gasteiger partial charge in [0.2, 0.25) is 5.91 Å². The van der Waals surface area contributed by atoms with E-state index in [0.29, 0.717) is 13.0 Å². The third-order valence-electron chi connectivity index (χ3n) is 5.37. The van der Waals surface area contributed by atoms with Gasteiger partial charge in [0, 0.05) is 13.0 Å². The molecule has 1 saturated heterocycles. The summed E-state index contributed by atoms with van der Waals surface area (Å²) in [7, 11) is 0. The lowest BCUT2D eigenvalue weighted by Gasteiger charge is -2.24. The molecule has 1 heterocycles. The van der Waals surface area contributed by atoms with Crippen LogP contribution < -0.4 is 4.74 Å². The van der Waals surface area contributed by atoms with Gasteiger partial charge in [-0.05, 0) is 49.1 Å². The molecule has 1 fully saturated rings. The van der Waals surface area contributed by atoms with Gasteiger partial charge in [0.05, 0.1) is 5.25 Å². The van der Waals surface area contributed by atoms with Crippen molar-refractivity contribution in [3.63, 3.8) is 0 Å². The molecule has 0 bridgehead atoms. The molecule has 1 aliphatic rings. The van der Waals surface area contributed by atoms with Crippen molar-refractivity contribution in [2.75, 3.05) is 6.54 Å². The molecule has 3 rings (SSSR count). The van der Waals surface area contributed by atoms with E-state index >= 15 is 0 Å². The molecule has 2 aromatic carbocycles. The predicted octanol–water partition coefficient (Wildman–Crippen LogP) is 6.26. The number of carbonyl (C=O) groups is 2. The molecule has 0 radical (unpaired) electrons. The number of aliphatic carboxylic acids is 1. The lowest BCUT2D eigenvalue weighted by atomic mass is 10.1. The van der Waals surface area contributed by atoms with Crippen molar-refractivity contribution < 1.29 is 19.4 Å². The Morgan fingerprint density at radius 2 is 1.81 bits per heavy atom. The standard InChI is InChI=1S/C25H31NO4S/c1-2-3-15-22-24(29)26(17-9-5-8-16-23(27)28)25(31-22)19-11-10-14-21(18-19)30-20-12-6-4-7-13-20/h4,6-7,10-14,18,22,25H,2-3,5,8-9,15-17H2,1H3,(H,27,28). The maximum atomic E-state index is 13.1. The Morgan fingerprint density at radius 3 is 2.55 bits per heavy atom. The minimum atomic E-state index is -0.763. The highest BCUT2D eigenvalue weighted by atomic mass is 32.2. The van der Waals surface area contributed by atoms with E-state index in [1.165, 1.54) is 0 Å². The maximum Gasteiger partial charge on any atom is 0.303 e. The van der Waals surface area contributed by atoms with Crippen LogP contribution in [-0.4, -0.2) is 33.7 Å². The van der Waals surface area contributed by atoms with Gasteiger partial charge in [-0.3, -0.25) is 9.59 Å². The molecule has 166 valence electrons. The fourth-order valence-corrected chi connectivity index (χ4v) is 5.27. The molecule has 5 nitrogen and oxygen atoms in total. The summed E-state index contributed by atoms with van der Waals surface area (Å²) in [5.74, 6) is 0.984. The number of hydrogen-bond acceptors (Lipinski definition) is 4. The van der Waals surface area contributed by atoms with E-state index in [1.807, 2.05) is 53.4 Å². The van der Waals surface area contributed by atoms with E-state index < -0.39 is 5.97 Å². The second-order valence-electron chi connectivity index (χ2n) is 7.84. The lowest BCUT2D eigenvalue weighted by molar-refractivity contribution is -0.137. The molecule has 0 spiro atoms. The zero-order valence-corrected chi connectivity index (χ0v) is 18.9. The molecule has 0 aliphatic carbocycles. The maximum absolute atomic E-state index is 13.1.